The Balaban J connectivity index is 1.77. The summed E-state index contributed by atoms with van der Waals surface area (Å²) in [5, 5.41) is 49.1. The Labute approximate surface area is 167 Å². The summed E-state index contributed by atoms with van der Waals surface area (Å²) in [7, 11) is 1.58. The molecule has 1 fully saturated rings. The lowest BCUT2D eigenvalue weighted by molar-refractivity contribution is -0.277. The van der Waals surface area contributed by atoms with Crippen LogP contribution >= 0.6 is 0 Å². The molecule has 5 atom stereocenters. The number of aromatic hydroxyl groups is 1. The highest BCUT2D eigenvalue weighted by Crippen LogP contribution is 2.28. The molecule has 156 valence electrons. The Bertz CT molecular complexity index is 850. The molecule has 1 aliphatic rings. The molecule has 8 heteroatoms. The molecular weight excluding hydrogens is 380 g/mol. The summed E-state index contributed by atoms with van der Waals surface area (Å²) < 4.78 is 16.1. The van der Waals surface area contributed by atoms with Crippen molar-refractivity contribution in [3.63, 3.8) is 0 Å². The molecule has 1 aliphatic heterocycles. The van der Waals surface area contributed by atoms with E-state index in [9.17, 15) is 25.5 Å². The van der Waals surface area contributed by atoms with Gasteiger partial charge in [0.25, 0.3) is 0 Å². The first-order valence-corrected chi connectivity index (χ1v) is 9.04. The van der Waals surface area contributed by atoms with Crippen LogP contribution < -0.4 is 9.47 Å². The van der Waals surface area contributed by atoms with E-state index in [0.29, 0.717) is 5.56 Å². The summed E-state index contributed by atoms with van der Waals surface area (Å²) in [6, 6.07) is 11.9. The Morgan fingerprint density at radius 1 is 0.931 bits per heavy atom. The number of aliphatic hydroxyl groups is 4. The van der Waals surface area contributed by atoms with Crippen molar-refractivity contribution in [2.75, 3.05) is 13.7 Å². The number of ether oxygens (including phenoxy) is 3. The monoisotopic (exact) mass is 404 g/mol. The zero-order valence-electron chi connectivity index (χ0n) is 15.8. The zero-order valence-corrected chi connectivity index (χ0v) is 15.8. The first kappa shape index (κ1) is 21.1. The minimum Gasteiger partial charge on any atom is -0.508 e. The average Bonchev–Trinajstić information content (AvgIpc) is 2.72. The molecule has 1 saturated heterocycles. The Kier molecular flexibility index (Phi) is 6.73. The van der Waals surface area contributed by atoms with E-state index in [4.69, 9.17) is 14.2 Å². The number of phenolic OH excluding ortho intramolecular Hbond substituents is 1. The summed E-state index contributed by atoms with van der Waals surface area (Å²) in [6.45, 7) is -0.556. The minimum absolute atomic E-state index is 0.0719. The van der Waals surface area contributed by atoms with Gasteiger partial charge in [0.05, 0.1) is 13.7 Å². The molecule has 5 unspecified atom stereocenters. The highest BCUT2D eigenvalue weighted by molar-refractivity contribution is 5.71. The number of hydrogen-bond acceptors (Lipinski definition) is 8. The first-order valence-electron chi connectivity index (χ1n) is 9.04. The number of methoxy groups -OCH3 is 1. The van der Waals surface area contributed by atoms with Gasteiger partial charge in [0.2, 0.25) is 6.29 Å². The Morgan fingerprint density at radius 3 is 2.38 bits per heavy atom. The van der Waals surface area contributed by atoms with Crippen LogP contribution in [0.25, 0.3) is 12.2 Å². The highest BCUT2D eigenvalue weighted by Gasteiger charge is 2.44. The van der Waals surface area contributed by atoms with Crippen molar-refractivity contribution in [3.8, 4) is 17.2 Å². The van der Waals surface area contributed by atoms with Crippen LogP contribution in [0.2, 0.25) is 0 Å². The van der Waals surface area contributed by atoms with Crippen LogP contribution in [0.5, 0.6) is 17.2 Å². The molecule has 0 bridgehead atoms. The largest absolute Gasteiger partial charge is 0.508 e. The second-order valence-corrected chi connectivity index (χ2v) is 6.69. The molecular formula is C21H24O8. The molecule has 1 heterocycles. The van der Waals surface area contributed by atoms with Gasteiger partial charge in [-0.25, -0.2) is 0 Å². The lowest BCUT2D eigenvalue weighted by Gasteiger charge is -2.39. The van der Waals surface area contributed by atoms with Crippen LogP contribution in [-0.2, 0) is 4.74 Å². The third-order valence-electron chi connectivity index (χ3n) is 4.58. The van der Waals surface area contributed by atoms with E-state index in [0.717, 1.165) is 11.3 Å². The van der Waals surface area contributed by atoms with E-state index >= 15 is 0 Å². The quantitative estimate of drug-likeness (QED) is 0.446. The van der Waals surface area contributed by atoms with E-state index in [-0.39, 0.29) is 11.5 Å². The van der Waals surface area contributed by atoms with Gasteiger partial charge in [0, 0.05) is 6.07 Å². The van der Waals surface area contributed by atoms with Gasteiger partial charge in [-0.2, -0.15) is 0 Å². The lowest BCUT2D eigenvalue weighted by atomic mass is 9.99. The first-order chi connectivity index (χ1) is 13.9. The lowest BCUT2D eigenvalue weighted by Crippen LogP contribution is -2.60. The Hall–Kier alpha value is -2.62. The normalized spacial score (nSPS) is 27.1. The molecule has 0 aliphatic carbocycles. The predicted molar refractivity (Wildman–Crippen MR) is 104 cm³/mol. The van der Waals surface area contributed by atoms with Crippen molar-refractivity contribution in [1.82, 2.24) is 0 Å². The van der Waals surface area contributed by atoms with Crippen LogP contribution in [0.1, 0.15) is 11.1 Å². The van der Waals surface area contributed by atoms with Crippen molar-refractivity contribution in [2.45, 2.75) is 30.7 Å². The van der Waals surface area contributed by atoms with Gasteiger partial charge in [-0.1, -0.05) is 24.3 Å². The summed E-state index contributed by atoms with van der Waals surface area (Å²) in [5.41, 5.74) is 1.51. The number of benzene rings is 2. The van der Waals surface area contributed by atoms with Crippen LogP contribution in [-0.4, -0.2) is 70.0 Å². The van der Waals surface area contributed by atoms with E-state index in [1.54, 1.807) is 19.3 Å². The maximum atomic E-state index is 10.1. The van der Waals surface area contributed by atoms with Crippen molar-refractivity contribution >= 4 is 12.2 Å². The van der Waals surface area contributed by atoms with Crippen molar-refractivity contribution in [2.24, 2.45) is 0 Å². The van der Waals surface area contributed by atoms with Gasteiger partial charge in [0.1, 0.15) is 41.7 Å². The summed E-state index contributed by atoms with van der Waals surface area (Å²) in [5.74, 6) is 0.826. The van der Waals surface area contributed by atoms with Gasteiger partial charge < -0.3 is 39.7 Å². The molecule has 5 N–H and O–H groups in total. The summed E-state index contributed by atoms with van der Waals surface area (Å²) >= 11 is 0. The molecule has 2 aromatic carbocycles. The summed E-state index contributed by atoms with van der Waals surface area (Å²) in [4.78, 5) is 0. The van der Waals surface area contributed by atoms with Crippen LogP contribution in [0.4, 0.5) is 0 Å². The number of phenols is 1. The fourth-order valence-electron chi connectivity index (χ4n) is 3.01. The van der Waals surface area contributed by atoms with E-state index in [1.165, 1.54) is 12.1 Å². The van der Waals surface area contributed by atoms with Crippen LogP contribution in [0.15, 0.2) is 42.5 Å². The highest BCUT2D eigenvalue weighted by atomic mass is 16.7. The third-order valence-corrected chi connectivity index (χ3v) is 4.58. The van der Waals surface area contributed by atoms with Gasteiger partial charge in [-0.15, -0.1) is 0 Å². The average molecular weight is 404 g/mol. The SMILES string of the molecule is COc1cccc(/C=C/c2cc(O)cc(OC3OC(CO)C(O)C(O)C3O)c2)c1. The smallest absolute Gasteiger partial charge is 0.229 e. The molecule has 0 radical (unpaired) electrons. The number of aliphatic hydroxyl groups excluding tert-OH is 4. The zero-order chi connectivity index (χ0) is 21.0. The van der Waals surface area contributed by atoms with E-state index < -0.39 is 37.3 Å². The van der Waals surface area contributed by atoms with Crippen LogP contribution in [0.3, 0.4) is 0 Å². The maximum Gasteiger partial charge on any atom is 0.229 e. The summed E-state index contributed by atoms with van der Waals surface area (Å²) in [6.07, 6.45) is -3.38. The van der Waals surface area contributed by atoms with Crippen molar-refractivity contribution in [1.29, 1.82) is 0 Å². The van der Waals surface area contributed by atoms with Gasteiger partial charge in [-0.05, 0) is 35.4 Å². The molecule has 0 saturated carbocycles. The van der Waals surface area contributed by atoms with Crippen molar-refractivity contribution in [3.05, 3.63) is 53.6 Å². The molecule has 8 nitrogen and oxygen atoms in total. The van der Waals surface area contributed by atoms with E-state index in [2.05, 4.69) is 0 Å². The van der Waals surface area contributed by atoms with Crippen molar-refractivity contribution < 1.29 is 39.7 Å². The van der Waals surface area contributed by atoms with Gasteiger partial charge in [-0.3, -0.25) is 0 Å². The number of hydrogen-bond donors (Lipinski definition) is 5. The molecule has 0 spiro atoms. The Morgan fingerprint density at radius 2 is 1.66 bits per heavy atom. The van der Waals surface area contributed by atoms with Gasteiger partial charge >= 0.3 is 0 Å². The van der Waals surface area contributed by atoms with E-state index in [1.807, 2.05) is 30.3 Å². The molecule has 0 amide bonds. The molecule has 0 aromatic heterocycles. The van der Waals surface area contributed by atoms with Gasteiger partial charge in [0.15, 0.2) is 0 Å². The standard InChI is InChI=1S/C21H24O8/c1-27-15-4-2-3-12(8-15)5-6-13-7-14(23)10-16(9-13)28-21-20(26)19(25)18(24)17(11-22)29-21/h2-10,17-26H,11H2,1H3/b6-5+. The molecule has 29 heavy (non-hydrogen) atoms. The third kappa shape index (κ3) is 5.06. The number of rotatable bonds is 6. The topological polar surface area (TPSA) is 129 Å². The molecule has 3 rings (SSSR count). The maximum absolute atomic E-state index is 10.1. The molecule has 2 aromatic rings. The minimum atomic E-state index is -1.55. The fraction of sp³-hybridized carbons (Fsp3) is 0.333. The second-order valence-electron chi connectivity index (χ2n) is 6.69. The predicted octanol–water partition coefficient (Wildman–Crippen LogP) is 0.750. The second kappa shape index (κ2) is 9.25. The fourth-order valence-corrected chi connectivity index (χ4v) is 3.01. The van der Waals surface area contributed by atoms with Crippen LogP contribution in [0, 0.1) is 0 Å².